The molecule has 2 aromatic carbocycles. The summed E-state index contributed by atoms with van der Waals surface area (Å²) in [6.07, 6.45) is 2.97. The standard InChI is InChI=1S/C19H23NO3S/c1-15-5-3-4-14-20(15)24(21,22)19-12-8-17(9-13-19)16-6-10-18(23-2)11-7-16/h6-13,15H,3-5,14H2,1-2H3. The van der Waals surface area contributed by atoms with Crippen molar-refractivity contribution in [3.8, 4) is 16.9 Å². The molecule has 0 amide bonds. The second-order valence-electron chi connectivity index (χ2n) is 6.21. The highest BCUT2D eigenvalue weighted by atomic mass is 32.2. The molecule has 1 aliphatic rings. The van der Waals surface area contributed by atoms with Crippen molar-refractivity contribution in [3.05, 3.63) is 48.5 Å². The Labute approximate surface area is 144 Å². The van der Waals surface area contributed by atoms with Crippen molar-refractivity contribution < 1.29 is 13.2 Å². The van der Waals surface area contributed by atoms with Gasteiger partial charge in [0, 0.05) is 12.6 Å². The fourth-order valence-corrected chi connectivity index (χ4v) is 4.87. The van der Waals surface area contributed by atoms with Crippen molar-refractivity contribution in [1.82, 2.24) is 4.31 Å². The summed E-state index contributed by atoms with van der Waals surface area (Å²) in [5, 5.41) is 0. The van der Waals surface area contributed by atoms with Gasteiger partial charge in [0.05, 0.1) is 12.0 Å². The van der Waals surface area contributed by atoms with E-state index in [0.29, 0.717) is 11.4 Å². The summed E-state index contributed by atoms with van der Waals surface area (Å²) in [5.74, 6) is 0.803. The molecule has 0 radical (unpaired) electrons. The van der Waals surface area contributed by atoms with Gasteiger partial charge in [0.2, 0.25) is 10.0 Å². The number of hydrogen-bond donors (Lipinski definition) is 0. The van der Waals surface area contributed by atoms with E-state index in [2.05, 4.69) is 0 Å². The third-order valence-corrected chi connectivity index (χ3v) is 6.65. The molecule has 0 spiro atoms. The van der Waals surface area contributed by atoms with Crippen molar-refractivity contribution in [2.75, 3.05) is 13.7 Å². The molecule has 1 atom stereocenters. The number of nitrogens with zero attached hydrogens (tertiary/aromatic N) is 1. The molecule has 1 saturated heterocycles. The van der Waals surface area contributed by atoms with E-state index < -0.39 is 10.0 Å². The van der Waals surface area contributed by atoms with Crippen molar-refractivity contribution >= 4 is 10.0 Å². The Morgan fingerprint density at radius 1 is 0.958 bits per heavy atom. The first kappa shape index (κ1) is 17.0. The van der Waals surface area contributed by atoms with Crippen LogP contribution in [-0.2, 0) is 10.0 Å². The minimum atomic E-state index is -3.41. The van der Waals surface area contributed by atoms with Gasteiger partial charge in [-0.05, 0) is 55.2 Å². The number of methoxy groups -OCH3 is 1. The molecule has 3 rings (SSSR count). The molecule has 0 bridgehead atoms. The first-order chi connectivity index (χ1) is 11.5. The zero-order valence-electron chi connectivity index (χ0n) is 14.1. The predicted octanol–water partition coefficient (Wildman–Crippen LogP) is 3.93. The van der Waals surface area contributed by atoms with Crippen LogP contribution in [0.15, 0.2) is 53.4 Å². The SMILES string of the molecule is COc1ccc(-c2ccc(S(=O)(=O)N3CCCCC3C)cc2)cc1. The molecule has 4 nitrogen and oxygen atoms in total. The number of rotatable bonds is 4. The van der Waals surface area contributed by atoms with Crippen molar-refractivity contribution in [2.45, 2.75) is 37.1 Å². The molecular weight excluding hydrogens is 322 g/mol. The summed E-state index contributed by atoms with van der Waals surface area (Å²) in [6, 6.07) is 14.9. The van der Waals surface area contributed by atoms with Gasteiger partial charge in [-0.25, -0.2) is 8.42 Å². The van der Waals surface area contributed by atoms with Crippen LogP contribution in [-0.4, -0.2) is 32.4 Å². The summed E-state index contributed by atoms with van der Waals surface area (Å²) in [5.41, 5.74) is 2.02. The average molecular weight is 345 g/mol. The third-order valence-electron chi connectivity index (χ3n) is 4.63. The number of ether oxygens (including phenoxy) is 1. The summed E-state index contributed by atoms with van der Waals surface area (Å²) in [7, 11) is -1.77. The van der Waals surface area contributed by atoms with Gasteiger partial charge in [0.1, 0.15) is 5.75 Å². The van der Waals surface area contributed by atoms with E-state index in [-0.39, 0.29) is 6.04 Å². The highest BCUT2D eigenvalue weighted by Gasteiger charge is 2.30. The van der Waals surface area contributed by atoms with E-state index >= 15 is 0 Å². The Bertz CT molecular complexity index is 782. The number of benzene rings is 2. The lowest BCUT2D eigenvalue weighted by Gasteiger charge is -2.32. The lowest BCUT2D eigenvalue weighted by Crippen LogP contribution is -2.41. The maximum absolute atomic E-state index is 12.8. The molecule has 0 saturated carbocycles. The van der Waals surface area contributed by atoms with Crippen LogP contribution >= 0.6 is 0 Å². The molecule has 1 unspecified atom stereocenters. The highest BCUT2D eigenvalue weighted by molar-refractivity contribution is 7.89. The maximum Gasteiger partial charge on any atom is 0.243 e. The third kappa shape index (κ3) is 3.32. The van der Waals surface area contributed by atoms with Gasteiger partial charge in [0.25, 0.3) is 0 Å². The van der Waals surface area contributed by atoms with Crippen LogP contribution in [0.3, 0.4) is 0 Å². The lowest BCUT2D eigenvalue weighted by molar-refractivity contribution is 0.268. The van der Waals surface area contributed by atoms with Crippen LogP contribution in [0.25, 0.3) is 11.1 Å². The Balaban J connectivity index is 1.85. The summed E-state index contributed by atoms with van der Waals surface area (Å²) in [6.45, 7) is 2.60. The minimum Gasteiger partial charge on any atom is -0.497 e. The normalized spacial score (nSPS) is 19.2. The van der Waals surface area contributed by atoms with Gasteiger partial charge in [-0.2, -0.15) is 4.31 Å². The average Bonchev–Trinajstić information content (AvgIpc) is 2.62. The molecule has 5 heteroatoms. The van der Waals surface area contributed by atoms with E-state index in [1.807, 2.05) is 43.3 Å². The van der Waals surface area contributed by atoms with Gasteiger partial charge in [-0.15, -0.1) is 0 Å². The van der Waals surface area contributed by atoms with E-state index in [9.17, 15) is 8.42 Å². The molecule has 0 aliphatic carbocycles. The number of piperidine rings is 1. The van der Waals surface area contributed by atoms with Crippen LogP contribution in [0.4, 0.5) is 0 Å². The fourth-order valence-electron chi connectivity index (χ4n) is 3.17. The van der Waals surface area contributed by atoms with Gasteiger partial charge in [-0.3, -0.25) is 0 Å². The minimum absolute atomic E-state index is 0.0741. The second kappa shape index (κ2) is 6.95. The van der Waals surface area contributed by atoms with Gasteiger partial charge in [-0.1, -0.05) is 30.7 Å². The smallest absolute Gasteiger partial charge is 0.243 e. The molecule has 2 aromatic rings. The highest BCUT2D eigenvalue weighted by Crippen LogP contribution is 2.28. The van der Waals surface area contributed by atoms with E-state index in [1.165, 1.54) is 0 Å². The quantitative estimate of drug-likeness (QED) is 0.843. The van der Waals surface area contributed by atoms with E-state index in [1.54, 1.807) is 23.5 Å². The summed E-state index contributed by atoms with van der Waals surface area (Å²) in [4.78, 5) is 0.369. The molecule has 1 heterocycles. The molecule has 0 aromatic heterocycles. The zero-order valence-corrected chi connectivity index (χ0v) is 14.9. The molecule has 0 N–H and O–H groups in total. The molecule has 24 heavy (non-hydrogen) atoms. The summed E-state index contributed by atoms with van der Waals surface area (Å²) >= 11 is 0. The van der Waals surface area contributed by atoms with Gasteiger partial charge < -0.3 is 4.74 Å². The molecule has 128 valence electrons. The van der Waals surface area contributed by atoms with Gasteiger partial charge >= 0.3 is 0 Å². The first-order valence-corrected chi connectivity index (χ1v) is 9.73. The largest absolute Gasteiger partial charge is 0.497 e. The van der Waals surface area contributed by atoms with Crippen LogP contribution in [0.2, 0.25) is 0 Å². The lowest BCUT2D eigenvalue weighted by atomic mass is 10.1. The molecule has 1 aliphatic heterocycles. The molecule has 1 fully saturated rings. The fraction of sp³-hybridized carbons (Fsp3) is 0.368. The van der Waals surface area contributed by atoms with Crippen LogP contribution in [0.5, 0.6) is 5.75 Å². The van der Waals surface area contributed by atoms with Gasteiger partial charge in [0.15, 0.2) is 0 Å². The summed E-state index contributed by atoms with van der Waals surface area (Å²) < 4.78 is 32.5. The van der Waals surface area contributed by atoms with Crippen LogP contribution < -0.4 is 4.74 Å². The Kier molecular flexibility index (Phi) is 4.92. The molecular formula is C19H23NO3S. The number of sulfonamides is 1. The zero-order chi connectivity index (χ0) is 17.2. The Morgan fingerprint density at radius 3 is 2.08 bits per heavy atom. The van der Waals surface area contributed by atoms with Crippen LogP contribution in [0.1, 0.15) is 26.2 Å². The van der Waals surface area contributed by atoms with Crippen molar-refractivity contribution in [2.24, 2.45) is 0 Å². The van der Waals surface area contributed by atoms with E-state index in [0.717, 1.165) is 36.1 Å². The van der Waals surface area contributed by atoms with Crippen molar-refractivity contribution in [1.29, 1.82) is 0 Å². The van der Waals surface area contributed by atoms with Crippen LogP contribution in [0, 0.1) is 0 Å². The predicted molar refractivity (Wildman–Crippen MR) is 95.6 cm³/mol. The van der Waals surface area contributed by atoms with Crippen molar-refractivity contribution in [3.63, 3.8) is 0 Å². The Hall–Kier alpha value is -1.85. The Morgan fingerprint density at radius 2 is 1.54 bits per heavy atom. The monoisotopic (exact) mass is 345 g/mol. The topological polar surface area (TPSA) is 46.6 Å². The van der Waals surface area contributed by atoms with E-state index in [4.69, 9.17) is 4.74 Å². The second-order valence-corrected chi connectivity index (χ2v) is 8.10. The maximum atomic E-state index is 12.8. The number of hydrogen-bond acceptors (Lipinski definition) is 3. The first-order valence-electron chi connectivity index (χ1n) is 8.29.